The molecule has 2 unspecified atom stereocenters. The second kappa shape index (κ2) is 5.95. The molecule has 0 saturated carbocycles. The highest BCUT2D eigenvalue weighted by Crippen LogP contribution is 2.46. The second-order valence-corrected chi connectivity index (χ2v) is 6.21. The van der Waals surface area contributed by atoms with E-state index in [-0.39, 0.29) is 5.92 Å². The Morgan fingerprint density at radius 3 is 2.29 bits per heavy atom. The summed E-state index contributed by atoms with van der Waals surface area (Å²) < 4.78 is 11.5. The summed E-state index contributed by atoms with van der Waals surface area (Å²) in [6.07, 6.45) is 3.71. The van der Waals surface area contributed by atoms with E-state index in [1.54, 1.807) is 6.08 Å². The molecule has 2 aromatic carbocycles. The highest BCUT2D eigenvalue weighted by atomic mass is 35.5. The van der Waals surface area contributed by atoms with E-state index in [0.717, 1.165) is 16.7 Å². The number of benzene rings is 2. The average molecular weight is 315 g/mol. The maximum Gasteiger partial charge on any atom is 0.349 e. The molecule has 2 aromatic rings. The minimum Gasteiger partial charge on any atom is -0.591 e. The van der Waals surface area contributed by atoms with E-state index in [0.29, 0.717) is 10.3 Å². The summed E-state index contributed by atoms with van der Waals surface area (Å²) >= 11 is 6.22. The zero-order valence-electron chi connectivity index (χ0n) is 11.1. The third-order valence-electron chi connectivity index (χ3n) is 3.51. The van der Waals surface area contributed by atoms with E-state index >= 15 is 0 Å². The molecule has 3 rings (SSSR count). The topological polar surface area (TPSA) is 40.1 Å². The maximum absolute atomic E-state index is 11.5. The van der Waals surface area contributed by atoms with Gasteiger partial charge >= 0.3 is 8.03 Å². The van der Waals surface area contributed by atoms with Gasteiger partial charge in [-0.05, 0) is 23.3 Å². The summed E-state index contributed by atoms with van der Waals surface area (Å²) in [7, 11) is -2.64. The number of hydrogen-bond acceptors (Lipinski definition) is 2. The molecule has 0 spiro atoms. The first-order valence-corrected chi connectivity index (χ1v) is 8.10. The summed E-state index contributed by atoms with van der Waals surface area (Å²) in [5.41, 5.74) is 2.56. The summed E-state index contributed by atoms with van der Waals surface area (Å²) in [5, 5.41) is 1.01. The molecule has 0 radical (unpaired) electrons. The van der Waals surface area contributed by atoms with Gasteiger partial charge in [-0.25, -0.2) is 0 Å². The van der Waals surface area contributed by atoms with E-state index < -0.39 is 8.03 Å². The van der Waals surface area contributed by atoms with Crippen LogP contribution in [0.15, 0.2) is 72.1 Å². The Hall–Kier alpha value is -1.73. The molecule has 104 valence electrons. The molecule has 2 nitrogen and oxygen atoms in total. The first-order chi connectivity index (χ1) is 10.2. The molecule has 0 aliphatic heterocycles. The van der Waals surface area contributed by atoms with Crippen LogP contribution in [0.3, 0.4) is 0 Å². The zero-order valence-corrected chi connectivity index (χ0v) is 12.7. The van der Waals surface area contributed by atoms with Crippen LogP contribution in [0.5, 0.6) is 0 Å². The molecule has 0 heterocycles. The molecule has 0 amide bonds. The SMILES string of the molecule is O=[P+]([O-])C1=CC(c2ccccc2Cl)C=C1c1ccccc1. The van der Waals surface area contributed by atoms with Crippen molar-refractivity contribution in [3.63, 3.8) is 0 Å². The van der Waals surface area contributed by atoms with Gasteiger partial charge in [0.25, 0.3) is 0 Å². The van der Waals surface area contributed by atoms with Crippen molar-refractivity contribution >= 4 is 25.2 Å². The molecule has 0 bridgehead atoms. The smallest absolute Gasteiger partial charge is 0.349 e. The lowest BCUT2D eigenvalue weighted by Gasteiger charge is -2.07. The lowest BCUT2D eigenvalue weighted by molar-refractivity contribution is -0.161. The minimum absolute atomic E-state index is 0.114. The molecule has 21 heavy (non-hydrogen) atoms. The highest BCUT2D eigenvalue weighted by molar-refractivity contribution is 7.42. The maximum atomic E-state index is 11.5. The van der Waals surface area contributed by atoms with Gasteiger partial charge in [-0.3, -0.25) is 0 Å². The average Bonchev–Trinajstić information content (AvgIpc) is 2.94. The van der Waals surface area contributed by atoms with Crippen LogP contribution in [0.4, 0.5) is 0 Å². The molecule has 2 atom stereocenters. The zero-order chi connectivity index (χ0) is 14.8. The Morgan fingerprint density at radius 1 is 0.952 bits per heavy atom. The second-order valence-electron chi connectivity index (χ2n) is 4.80. The Labute approximate surface area is 129 Å². The lowest BCUT2D eigenvalue weighted by atomic mass is 10.00. The standard InChI is InChI=1S/C17H12ClO2P/c18-16-9-5-4-8-14(16)13-10-15(17(11-13)21(19)20)12-6-2-1-3-7-12/h1-11,13H. The Bertz CT molecular complexity index is 750. The Balaban J connectivity index is 2.08. The molecule has 0 N–H and O–H groups in total. The van der Waals surface area contributed by atoms with Crippen molar-refractivity contribution < 1.29 is 9.46 Å². The van der Waals surface area contributed by atoms with E-state index in [2.05, 4.69) is 0 Å². The summed E-state index contributed by atoms with van der Waals surface area (Å²) in [6, 6.07) is 17.0. The van der Waals surface area contributed by atoms with Gasteiger partial charge in [-0.15, -0.1) is 0 Å². The summed E-state index contributed by atoms with van der Waals surface area (Å²) in [5.74, 6) is -0.114. The van der Waals surface area contributed by atoms with E-state index in [1.807, 2.05) is 60.7 Å². The van der Waals surface area contributed by atoms with Gasteiger partial charge < -0.3 is 4.89 Å². The molecule has 1 aliphatic rings. The molecule has 0 saturated heterocycles. The van der Waals surface area contributed by atoms with Gasteiger partial charge in [0.05, 0.1) is 0 Å². The summed E-state index contributed by atoms with van der Waals surface area (Å²) in [6.45, 7) is 0. The first kappa shape index (κ1) is 14.2. The third kappa shape index (κ3) is 2.84. The summed E-state index contributed by atoms with van der Waals surface area (Å²) in [4.78, 5) is 11.5. The fourth-order valence-electron chi connectivity index (χ4n) is 2.52. The van der Waals surface area contributed by atoms with Crippen LogP contribution in [-0.2, 0) is 4.57 Å². The Kier molecular flexibility index (Phi) is 4.03. The van der Waals surface area contributed by atoms with Gasteiger partial charge in [0.2, 0.25) is 0 Å². The van der Waals surface area contributed by atoms with Crippen molar-refractivity contribution in [2.24, 2.45) is 0 Å². The fraction of sp³-hybridized carbons (Fsp3) is 0.0588. The highest BCUT2D eigenvalue weighted by Gasteiger charge is 2.29. The van der Waals surface area contributed by atoms with Crippen molar-refractivity contribution in [1.82, 2.24) is 0 Å². The van der Waals surface area contributed by atoms with Crippen molar-refractivity contribution in [2.45, 2.75) is 5.92 Å². The molecule has 0 aromatic heterocycles. The van der Waals surface area contributed by atoms with Crippen molar-refractivity contribution in [3.8, 4) is 0 Å². The number of allylic oxidation sites excluding steroid dienone is 4. The van der Waals surface area contributed by atoms with Crippen molar-refractivity contribution in [1.29, 1.82) is 0 Å². The number of rotatable bonds is 3. The molecular formula is C17H12ClO2P. The van der Waals surface area contributed by atoms with E-state index in [1.165, 1.54) is 0 Å². The van der Waals surface area contributed by atoms with Crippen molar-refractivity contribution in [3.05, 3.63) is 88.2 Å². The van der Waals surface area contributed by atoms with Gasteiger partial charge in [0.15, 0.2) is 5.31 Å². The van der Waals surface area contributed by atoms with Crippen LogP contribution < -0.4 is 4.89 Å². The number of hydrogen-bond donors (Lipinski definition) is 0. The molecule has 1 aliphatic carbocycles. The molecule has 0 fully saturated rings. The minimum atomic E-state index is -2.64. The van der Waals surface area contributed by atoms with Crippen LogP contribution in [-0.4, -0.2) is 0 Å². The monoisotopic (exact) mass is 314 g/mol. The quantitative estimate of drug-likeness (QED) is 0.782. The van der Waals surface area contributed by atoms with Gasteiger partial charge in [0, 0.05) is 16.5 Å². The molecular weight excluding hydrogens is 303 g/mol. The van der Waals surface area contributed by atoms with Crippen LogP contribution >= 0.6 is 19.6 Å². The lowest BCUT2D eigenvalue weighted by Crippen LogP contribution is -1.91. The van der Waals surface area contributed by atoms with Gasteiger partial charge in [-0.2, -0.15) is 0 Å². The van der Waals surface area contributed by atoms with Gasteiger partial charge in [-0.1, -0.05) is 70.8 Å². The van der Waals surface area contributed by atoms with Crippen LogP contribution in [0, 0.1) is 0 Å². The van der Waals surface area contributed by atoms with Crippen LogP contribution in [0.1, 0.15) is 17.0 Å². The Morgan fingerprint density at radius 2 is 1.62 bits per heavy atom. The molecule has 4 heteroatoms. The largest absolute Gasteiger partial charge is 0.591 e. The van der Waals surface area contributed by atoms with Crippen molar-refractivity contribution in [2.75, 3.05) is 0 Å². The van der Waals surface area contributed by atoms with Gasteiger partial charge in [0.1, 0.15) is 0 Å². The predicted octanol–water partition coefficient (Wildman–Crippen LogP) is 4.51. The predicted molar refractivity (Wildman–Crippen MR) is 84.3 cm³/mol. The van der Waals surface area contributed by atoms with E-state index in [9.17, 15) is 9.46 Å². The third-order valence-corrected chi connectivity index (χ3v) is 4.63. The van der Waals surface area contributed by atoms with E-state index in [4.69, 9.17) is 11.6 Å². The van der Waals surface area contributed by atoms with Crippen LogP contribution in [0.2, 0.25) is 5.02 Å². The first-order valence-electron chi connectivity index (χ1n) is 6.55. The fourth-order valence-corrected chi connectivity index (χ4v) is 3.46. The number of halogens is 1. The normalized spacial score (nSPS) is 18.2. The van der Waals surface area contributed by atoms with Crippen LogP contribution in [0.25, 0.3) is 5.57 Å².